The summed E-state index contributed by atoms with van der Waals surface area (Å²) in [7, 11) is 0. The number of aliphatic hydroxyl groups excluding tert-OH is 1. The molecule has 1 aromatic heterocycles. The van der Waals surface area contributed by atoms with Gasteiger partial charge in [0, 0.05) is 35.0 Å². The summed E-state index contributed by atoms with van der Waals surface area (Å²) in [5.41, 5.74) is 1.03. The summed E-state index contributed by atoms with van der Waals surface area (Å²) in [6, 6.07) is 2.96. The third-order valence-corrected chi connectivity index (χ3v) is 3.91. The monoisotopic (exact) mass is 263 g/mol. The Balaban J connectivity index is 1.95. The Kier molecular flexibility index (Phi) is 4.82. The van der Waals surface area contributed by atoms with Crippen molar-refractivity contribution in [2.24, 2.45) is 5.92 Å². The first kappa shape index (κ1) is 13.6. The van der Waals surface area contributed by atoms with E-state index in [9.17, 15) is 0 Å². The molecule has 1 saturated carbocycles. The molecule has 3 heteroatoms. The summed E-state index contributed by atoms with van der Waals surface area (Å²) < 4.78 is 0. The lowest BCUT2D eigenvalue weighted by molar-refractivity contribution is 0.228. The summed E-state index contributed by atoms with van der Waals surface area (Å²) in [4.78, 5) is 3.98. The molecule has 0 atom stereocenters. The first-order valence-corrected chi connectivity index (χ1v) is 7.48. The molecule has 1 heterocycles. The van der Waals surface area contributed by atoms with E-state index in [1.807, 2.05) is 0 Å². The van der Waals surface area contributed by atoms with E-state index in [4.69, 9.17) is 5.11 Å². The minimum atomic E-state index is -0.0628. The van der Waals surface area contributed by atoms with Crippen LogP contribution in [0.4, 0.5) is 0 Å². The van der Waals surface area contributed by atoms with Gasteiger partial charge in [0.05, 0.1) is 0 Å². The van der Waals surface area contributed by atoms with E-state index in [-0.39, 0.29) is 6.61 Å². The van der Waals surface area contributed by atoms with Gasteiger partial charge in [-0.15, -0.1) is 11.3 Å². The highest BCUT2D eigenvalue weighted by molar-refractivity contribution is 7.10. The van der Waals surface area contributed by atoms with E-state index in [2.05, 4.69) is 42.0 Å². The number of hydrogen-bond acceptors (Lipinski definition) is 3. The van der Waals surface area contributed by atoms with Gasteiger partial charge < -0.3 is 5.11 Å². The zero-order chi connectivity index (χ0) is 13.0. The van der Waals surface area contributed by atoms with Crippen LogP contribution >= 0.6 is 11.3 Å². The van der Waals surface area contributed by atoms with E-state index < -0.39 is 0 Å². The van der Waals surface area contributed by atoms with Crippen molar-refractivity contribution in [2.75, 3.05) is 13.2 Å². The number of rotatable bonds is 5. The Morgan fingerprint density at radius 1 is 1.50 bits per heavy atom. The minimum absolute atomic E-state index is 0.0628. The molecular formula is C15H21NOS. The van der Waals surface area contributed by atoms with E-state index in [0.29, 0.717) is 0 Å². The van der Waals surface area contributed by atoms with E-state index in [1.54, 1.807) is 11.3 Å². The van der Waals surface area contributed by atoms with Gasteiger partial charge in [0.15, 0.2) is 0 Å². The minimum Gasteiger partial charge on any atom is -0.384 e. The van der Waals surface area contributed by atoms with E-state index in [0.717, 1.165) is 24.1 Å². The molecule has 1 aromatic rings. The molecule has 0 radical (unpaired) electrons. The van der Waals surface area contributed by atoms with Gasteiger partial charge in [-0.2, -0.15) is 0 Å². The topological polar surface area (TPSA) is 23.5 Å². The van der Waals surface area contributed by atoms with Gasteiger partial charge in [-0.3, -0.25) is 4.90 Å². The Morgan fingerprint density at radius 3 is 2.89 bits per heavy atom. The second-order valence-electron chi connectivity index (χ2n) is 5.32. The average Bonchev–Trinajstić information content (AvgIpc) is 3.07. The third kappa shape index (κ3) is 4.13. The van der Waals surface area contributed by atoms with Crippen molar-refractivity contribution in [1.82, 2.24) is 4.90 Å². The smallest absolute Gasteiger partial charge is 0.104 e. The molecule has 0 saturated heterocycles. The Hall–Kier alpha value is -0.820. The maximum Gasteiger partial charge on any atom is 0.104 e. The van der Waals surface area contributed by atoms with Crippen LogP contribution < -0.4 is 0 Å². The fourth-order valence-corrected chi connectivity index (χ4v) is 2.96. The molecule has 1 aliphatic carbocycles. The van der Waals surface area contributed by atoms with Crippen LogP contribution in [0.5, 0.6) is 0 Å². The lowest BCUT2D eigenvalue weighted by atomic mass is 10.2. The lowest BCUT2D eigenvalue weighted by Gasteiger charge is -2.23. The standard InChI is InChI=1S/C15H21NOS/c1-12(2)9-16(14-5-6-14)10-15-8-13(11-18-15)4-3-7-17/h8,11-12,14,17H,5-7,9-10H2,1-2H3. The fraction of sp³-hybridized carbons (Fsp3) is 0.600. The second-order valence-corrected chi connectivity index (χ2v) is 6.31. The van der Waals surface area contributed by atoms with Crippen LogP contribution in [0.25, 0.3) is 0 Å². The molecule has 0 unspecified atom stereocenters. The van der Waals surface area contributed by atoms with Gasteiger partial charge in [-0.05, 0) is 24.8 Å². The fourth-order valence-electron chi connectivity index (χ4n) is 2.12. The first-order valence-electron chi connectivity index (χ1n) is 6.60. The maximum atomic E-state index is 8.68. The molecule has 0 aromatic carbocycles. The summed E-state index contributed by atoms with van der Waals surface area (Å²) in [6.07, 6.45) is 2.71. The molecule has 98 valence electrons. The Labute approximate surface area is 114 Å². The van der Waals surface area contributed by atoms with E-state index >= 15 is 0 Å². The normalized spacial score (nSPS) is 14.9. The lowest BCUT2D eigenvalue weighted by Crippen LogP contribution is -2.29. The number of thiophene rings is 1. The summed E-state index contributed by atoms with van der Waals surface area (Å²) in [5.74, 6) is 6.38. The van der Waals surface area contributed by atoms with Crippen molar-refractivity contribution in [2.45, 2.75) is 39.3 Å². The summed E-state index contributed by atoms with van der Waals surface area (Å²) in [6.45, 7) is 6.73. The molecule has 1 N–H and O–H groups in total. The van der Waals surface area contributed by atoms with Crippen molar-refractivity contribution < 1.29 is 5.11 Å². The first-order chi connectivity index (χ1) is 8.69. The van der Waals surface area contributed by atoms with Crippen molar-refractivity contribution >= 4 is 11.3 Å². The van der Waals surface area contributed by atoms with Crippen molar-refractivity contribution in [1.29, 1.82) is 0 Å². The van der Waals surface area contributed by atoms with E-state index in [1.165, 1.54) is 24.3 Å². The van der Waals surface area contributed by atoms with Gasteiger partial charge in [-0.1, -0.05) is 25.7 Å². The van der Waals surface area contributed by atoms with Crippen LogP contribution in [-0.2, 0) is 6.54 Å². The molecule has 0 bridgehead atoms. The maximum absolute atomic E-state index is 8.68. The molecule has 0 spiro atoms. The van der Waals surface area contributed by atoms with Crippen molar-refractivity contribution in [3.05, 3.63) is 21.9 Å². The van der Waals surface area contributed by atoms with Gasteiger partial charge in [-0.25, -0.2) is 0 Å². The molecule has 1 fully saturated rings. The number of nitrogens with zero attached hydrogens (tertiary/aromatic N) is 1. The Morgan fingerprint density at radius 2 is 2.28 bits per heavy atom. The number of hydrogen-bond donors (Lipinski definition) is 1. The van der Waals surface area contributed by atoms with Crippen LogP contribution in [0.2, 0.25) is 0 Å². The third-order valence-electron chi connectivity index (χ3n) is 2.99. The van der Waals surface area contributed by atoms with Crippen LogP contribution in [0.3, 0.4) is 0 Å². The molecule has 18 heavy (non-hydrogen) atoms. The zero-order valence-electron chi connectivity index (χ0n) is 11.1. The molecule has 0 aliphatic heterocycles. The number of aliphatic hydroxyl groups is 1. The summed E-state index contributed by atoms with van der Waals surface area (Å²) in [5, 5.41) is 10.8. The van der Waals surface area contributed by atoms with Gasteiger partial charge in [0.1, 0.15) is 6.61 Å². The predicted octanol–water partition coefficient (Wildman–Crippen LogP) is 2.71. The van der Waals surface area contributed by atoms with Crippen LogP contribution in [-0.4, -0.2) is 29.2 Å². The largest absolute Gasteiger partial charge is 0.384 e. The highest BCUT2D eigenvalue weighted by atomic mass is 32.1. The average molecular weight is 263 g/mol. The Bertz CT molecular complexity index is 437. The molecule has 1 aliphatic rings. The predicted molar refractivity (Wildman–Crippen MR) is 76.6 cm³/mol. The molecule has 2 rings (SSSR count). The molecule has 2 nitrogen and oxygen atoms in total. The van der Waals surface area contributed by atoms with Crippen LogP contribution in [0.1, 0.15) is 37.1 Å². The van der Waals surface area contributed by atoms with Gasteiger partial charge >= 0.3 is 0 Å². The highest BCUT2D eigenvalue weighted by Gasteiger charge is 2.29. The van der Waals surface area contributed by atoms with Crippen LogP contribution in [0, 0.1) is 17.8 Å². The zero-order valence-corrected chi connectivity index (χ0v) is 12.0. The van der Waals surface area contributed by atoms with Gasteiger partial charge in [0.2, 0.25) is 0 Å². The van der Waals surface area contributed by atoms with Crippen LogP contribution in [0.15, 0.2) is 11.4 Å². The molecule has 0 amide bonds. The SMILES string of the molecule is CC(C)CN(Cc1cc(C#CCO)cs1)C1CC1. The molecular weight excluding hydrogens is 242 g/mol. The quantitative estimate of drug-likeness (QED) is 0.826. The second kappa shape index (κ2) is 6.38. The van der Waals surface area contributed by atoms with Crippen molar-refractivity contribution in [3.63, 3.8) is 0 Å². The van der Waals surface area contributed by atoms with Gasteiger partial charge in [0.25, 0.3) is 0 Å². The highest BCUT2D eigenvalue weighted by Crippen LogP contribution is 2.30. The summed E-state index contributed by atoms with van der Waals surface area (Å²) >= 11 is 1.77. The van der Waals surface area contributed by atoms with Crippen molar-refractivity contribution in [3.8, 4) is 11.8 Å².